The van der Waals surface area contributed by atoms with Gasteiger partial charge in [-0.3, -0.25) is 4.79 Å². The van der Waals surface area contributed by atoms with Crippen LogP contribution in [0, 0.1) is 0 Å². The Morgan fingerprint density at radius 1 is 1.50 bits per heavy atom. The summed E-state index contributed by atoms with van der Waals surface area (Å²) >= 11 is 0. The largest absolute Gasteiger partial charge is 0.481 e. The van der Waals surface area contributed by atoms with Gasteiger partial charge in [0.05, 0.1) is 0 Å². The Morgan fingerprint density at radius 2 is 1.50 bits per heavy atom. The van der Waals surface area contributed by atoms with Gasteiger partial charge in [-0.1, -0.05) is 0 Å². The summed E-state index contributed by atoms with van der Waals surface area (Å²) in [5.74, 6) is -0.833. The number of carboxylic acid groups (broad SMARTS) is 1. The van der Waals surface area contributed by atoms with Gasteiger partial charge < -0.3 is 5.11 Å². The first kappa shape index (κ1) is 16.0. The van der Waals surface area contributed by atoms with Gasteiger partial charge in [-0.15, -0.1) is 0 Å². The van der Waals surface area contributed by atoms with Gasteiger partial charge in [0.25, 0.3) is 5.97 Å². The van der Waals surface area contributed by atoms with Gasteiger partial charge in [0.15, 0.2) is 0 Å². The van der Waals surface area contributed by atoms with Gasteiger partial charge in [-0.05, 0) is 0 Å². The Labute approximate surface area is 57.3 Å². The van der Waals surface area contributed by atoms with E-state index >= 15 is 0 Å². The Kier molecular flexibility index (Phi) is 24.3. The smallest absolute Gasteiger partial charge is 0.300 e. The Hall–Kier alpha value is 0.509. The molecule has 4 heteroatoms. The zero-order chi connectivity index (χ0) is 3.58. The normalized spacial score (nSPS) is 4.17. The van der Waals surface area contributed by atoms with Crippen molar-refractivity contribution in [2.75, 3.05) is 0 Å². The summed E-state index contributed by atoms with van der Waals surface area (Å²) in [6.07, 6.45) is 0. The van der Waals surface area contributed by atoms with E-state index in [9.17, 15) is 0 Å². The monoisotopic (exact) mass is 186 g/mol. The first-order valence-corrected chi connectivity index (χ1v) is 0.928. The number of rotatable bonds is 0. The maximum absolute atomic E-state index is 9.00. The molecule has 0 rings (SSSR count). The second-order valence-electron chi connectivity index (χ2n) is 0.519. The second kappa shape index (κ2) is 9.10. The zero-order valence-corrected chi connectivity index (χ0v) is 4.84. The summed E-state index contributed by atoms with van der Waals surface area (Å²) in [4.78, 5) is 9.00. The molecule has 0 saturated carbocycles. The van der Waals surface area contributed by atoms with Gasteiger partial charge in [0, 0.05) is 41.1 Å². The van der Waals surface area contributed by atoms with Crippen LogP contribution in [-0.2, 0) is 38.9 Å². The summed E-state index contributed by atoms with van der Waals surface area (Å²) in [6, 6.07) is 0. The van der Waals surface area contributed by atoms with Crippen LogP contribution in [0.2, 0.25) is 0 Å². The van der Waals surface area contributed by atoms with E-state index in [1.165, 1.54) is 0 Å². The Bertz CT molecular complexity index is 32.5. The van der Waals surface area contributed by atoms with Crippen LogP contribution in [0.15, 0.2) is 0 Å². The van der Waals surface area contributed by atoms with E-state index in [1.54, 1.807) is 0 Å². The summed E-state index contributed by atoms with van der Waals surface area (Å²) in [5.41, 5.74) is 0. The number of carbonyl (C=O) groups is 1. The minimum atomic E-state index is -0.833. The molecule has 46 valence electrons. The topological polar surface area (TPSA) is 37.3 Å². The van der Waals surface area contributed by atoms with Crippen molar-refractivity contribution in [3.63, 3.8) is 0 Å². The molecule has 1 N–H and O–H groups in total. The predicted molar refractivity (Wildman–Crippen MR) is 13.3 cm³/mol. The summed E-state index contributed by atoms with van der Waals surface area (Å²) in [7, 11) is 0. The molecule has 0 bridgehead atoms. The van der Waals surface area contributed by atoms with Gasteiger partial charge in [0.2, 0.25) is 0 Å². The number of carboxylic acids is 1. The molecule has 0 aromatic heterocycles. The van der Waals surface area contributed by atoms with Crippen LogP contribution >= 0.6 is 0 Å². The van der Waals surface area contributed by atoms with E-state index in [0.717, 1.165) is 6.92 Å². The van der Waals surface area contributed by atoms with Crippen molar-refractivity contribution < 1.29 is 44.0 Å². The van der Waals surface area contributed by atoms with Crippen molar-refractivity contribution in [1.29, 1.82) is 0 Å². The third-order valence-corrected chi connectivity index (χ3v) is 0. The molecule has 0 aromatic carbocycles. The molecule has 6 heavy (non-hydrogen) atoms. The van der Waals surface area contributed by atoms with Gasteiger partial charge in [0.1, 0.15) is 0 Å². The van der Waals surface area contributed by atoms with Crippen molar-refractivity contribution in [1.82, 2.24) is 0 Å². The molecule has 0 amide bonds. The molecule has 0 unspecified atom stereocenters. The first-order chi connectivity index (χ1) is 1.73. The standard InChI is InChI=1S/C2H4O2.2Cu/c1-2(3)4;;/h1H3,(H,3,4);;. The average molecular weight is 187 g/mol. The van der Waals surface area contributed by atoms with Gasteiger partial charge in [-0.2, -0.15) is 0 Å². The van der Waals surface area contributed by atoms with E-state index in [0.29, 0.717) is 0 Å². The molecule has 2 radical (unpaired) electrons. The minimum absolute atomic E-state index is 0. The van der Waals surface area contributed by atoms with E-state index in [2.05, 4.69) is 0 Å². The maximum atomic E-state index is 9.00. The molecule has 0 fully saturated rings. The second-order valence-corrected chi connectivity index (χ2v) is 0.519. The third kappa shape index (κ3) is 214. The minimum Gasteiger partial charge on any atom is -0.481 e. The Morgan fingerprint density at radius 3 is 1.50 bits per heavy atom. The SMILES string of the molecule is CC(=O)O.[Cu].[Cu]. The van der Waals surface area contributed by atoms with Crippen LogP contribution in [0.1, 0.15) is 6.92 Å². The van der Waals surface area contributed by atoms with Crippen LogP contribution in [0.25, 0.3) is 0 Å². The van der Waals surface area contributed by atoms with Crippen LogP contribution < -0.4 is 0 Å². The van der Waals surface area contributed by atoms with Crippen molar-refractivity contribution in [2.45, 2.75) is 6.92 Å². The Balaban J connectivity index is -0.0000000450. The van der Waals surface area contributed by atoms with Crippen molar-refractivity contribution in [3.8, 4) is 0 Å². The molecule has 0 heterocycles. The van der Waals surface area contributed by atoms with Crippen LogP contribution in [0.4, 0.5) is 0 Å². The maximum Gasteiger partial charge on any atom is 0.300 e. The van der Waals surface area contributed by atoms with Gasteiger partial charge >= 0.3 is 0 Å². The zero-order valence-electron chi connectivity index (χ0n) is 2.96. The fourth-order valence-corrected chi connectivity index (χ4v) is 0. The molecule has 0 saturated heterocycles. The molecule has 0 aliphatic heterocycles. The van der Waals surface area contributed by atoms with E-state index in [1.807, 2.05) is 0 Å². The van der Waals surface area contributed by atoms with E-state index in [-0.39, 0.29) is 34.1 Å². The van der Waals surface area contributed by atoms with Gasteiger partial charge in [-0.25, -0.2) is 0 Å². The van der Waals surface area contributed by atoms with Crippen molar-refractivity contribution in [3.05, 3.63) is 0 Å². The van der Waals surface area contributed by atoms with E-state index < -0.39 is 5.97 Å². The van der Waals surface area contributed by atoms with Crippen LogP contribution in [0.5, 0.6) is 0 Å². The molecule has 0 aromatic rings. The van der Waals surface area contributed by atoms with Crippen molar-refractivity contribution in [2.24, 2.45) is 0 Å². The fourth-order valence-electron chi connectivity index (χ4n) is 0. The summed E-state index contributed by atoms with van der Waals surface area (Å²) < 4.78 is 0. The third-order valence-electron chi connectivity index (χ3n) is 0. The average Bonchev–Trinajstić information content (AvgIpc) is 0.811. The quantitative estimate of drug-likeness (QED) is 0.545. The van der Waals surface area contributed by atoms with Crippen LogP contribution in [-0.4, -0.2) is 11.1 Å². The molecule has 0 aliphatic carbocycles. The molecule has 0 aliphatic rings. The molecule has 0 atom stereocenters. The summed E-state index contributed by atoms with van der Waals surface area (Å²) in [6.45, 7) is 1.08. The number of hydrogen-bond donors (Lipinski definition) is 1. The van der Waals surface area contributed by atoms with E-state index in [4.69, 9.17) is 9.90 Å². The van der Waals surface area contributed by atoms with Crippen molar-refractivity contribution >= 4 is 5.97 Å². The fraction of sp³-hybridized carbons (Fsp3) is 0.500. The molecule has 2 nitrogen and oxygen atoms in total. The molecule has 0 spiro atoms. The number of hydrogen-bond acceptors (Lipinski definition) is 1. The summed E-state index contributed by atoms with van der Waals surface area (Å²) in [5, 5.41) is 7.42. The first-order valence-electron chi connectivity index (χ1n) is 0.928. The predicted octanol–water partition coefficient (Wildman–Crippen LogP) is 0.0859. The number of aliphatic carboxylic acids is 1. The molecular weight excluding hydrogens is 183 g/mol. The van der Waals surface area contributed by atoms with Crippen LogP contribution in [0.3, 0.4) is 0 Å². The molecular formula is C2H4Cu2O2.